The molecule has 0 saturated heterocycles. The van der Waals surface area contributed by atoms with Crippen LogP contribution in [-0.2, 0) is 21.2 Å². The van der Waals surface area contributed by atoms with Gasteiger partial charge in [0.25, 0.3) is 10.0 Å². The van der Waals surface area contributed by atoms with Crippen molar-refractivity contribution < 1.29 is 13.2 Å². The zero-order chi connectivity index (χ0) is 17.5. The number of carbonyl (C=O) groups is 1. The van der Waals surface area contributed by atoms with Gasteiger partial charge in [0.15, 0.2) is 0 Å². The molecule has 1 aromatic heterocycles. The third-order valence-electron chi connectivity index (χ3n) is 3.54. The van der Waals surface area contributed by atoms with E-state index >= 15 is 0 Å². The molecule has 0 aliphatic heterocycles. The minimum Gasteiger partial charge on any atom is -0.354 e. The Hall–Kier alpha value is -0.670. The highest BCUT2D eigenvalue weighted by molar-refractivity contribution is 7.91. The summed E-state index contributed by atoms with van der Waals surface area (Å²) in [6, 6.07) is 2.97. The number of hydrogen-bond donors (Lipinski definition) is 2. The quantitative estimate of drug-likeness (QED) is 0.631. The zero-order valence-electron chi connectivity index (χ0n) is 14.4. The van der Waals surface area contributed by atoms with Crippen LogP contribution in [0.1, 0.15) is 38.5 Å². The first-order valence-corrected chi connectivity index (χ1v) is 10.2. The second-order valence-corrected chi connectivity index (χ2v) is 8.58. The van der Waals surface area contributed by atoms with E-state index in [1.54, 1.807) is 12.1 Å². The summed E-state index contributed by atoms with van der Waals surface area (Å²) in [5, 5.41) is 2.79. The van der Waals surface area contributed by atoms with E-state index in [4.69, 9.17) is 5.73 Å². The molecule has 0 aliphatic rings. The third kappa shape index (κ3) is 6.33. The Morgan fingerprint density at radius 3 is 2.46 bits per heavy atom. The fourth-order valence-electron chi connectivity index (χ4n) is 2.20. The van der Waals surface area contributed by atoms with Gasteiger partial charge in [-0.1, -0.05) is 27.2 Å². The van der Waals surface area contributed by atoms with Crippen LogP contribution in [0.3, 0.4) is 0 Å². The van der Waals surface area contributed by atoms with Crippen molar-refractivity contribution in [2.75, 3.05) is 19.6 Å². The molecule has 0 saturated carbocycles. The summed E-state index contributed by atoms with van der Waals surface area (Å²) in [6.07, 6.45) is 2.13. The van der Waals surface area contributed by atoms with Crippen LogP contribution in [-0.4, -0.2) is 44.3 Å². The molecule has 1 unspecified atom stereocenters. The van der Waals surface area contributed by atoms with Crippen molar-refractivity contribution in [1.29, 1.82) is 0 Å². The number of rotatable bonds is 10. The molecule has 0 spiro atoms. The molecule has 0 fully saturated rings. The largest absolute Gasteiger partial charge is 0.354 e. The first kappa shape index (κ1) is 23.3. The van der Waals surface area contributed by atoms with E-state index in [1.807, 2.05) is 20.8 Å². The first-order valence-electron chi connectivity index (χ1n) is 7.98. The van der Waals surface area contributed by atoms with Gasteiger partial charge < -0.3 is 11.1 Å². The Labute approximate surface area is 155 Å². The summed E-state index contributed by atoms with van der Waals surface area (Å²) in [5.41, 5.74) is 5.74. The molecule has 0 bridgehead atoms. The number of thiophene rings is 1. The predicted molar refractivity (Wildman–Crippen MR) is 101 cm³/mol. The smallest absolute Gasteiger partial charge is 0.252 e. The molecule has 1 amide bonds. The van der Waals surface area contributed by atoms with Crippen molar-refractivity contribution in [2.45, 2.75) is 50.3 Å². The molecule has 0 radical (unpaired) electrons. The molecular weight excluding hydrogens is 370 g/mol. The van der Waals surface area contributed by atoms with E-state index in [9.17, 15) is 13.2 Å². The Morgan fingerprint density at radius 2 is 1.92 bits per heavy atom. The number of halogens is 1. The number of nitrogens with zero attached hydrogens (tertiary/aromatic N) is 1. The number of amides is 1. The minimum atomic E-state index is -3.40. The summed E-state index contributed by atoms with van der Waals surface area (Å²) in [5.74, 6) is -0.153. The lowest BCUT2D eigenvalue weighted by Gasteiger charge is -2.16. The van der Waals surface area contributed by atoms with Gasteiger partial charge in [0.2, 0.25) is 5.91 Å². The number of nitrogens with two attached hydrogens (primary N) is 1. The van der Waals surface area contributed by atoms with Crippen molar-refractivity contribution in [1.82, 2.24) is 9.62 Å². The Kier molecular flexibility index (Phi) is 10.7. The molecule has 140 valence electrons. The van der Waals surface area contributed by atoms with Gasteiger partial charge in [-0.15, -0.1) is 23.7 Å². The van der Waals surface area contributed by atoms with Gasteiger partial charge in [0.05, 0.1) is 6.04 Å². The van der Waals surface area contributed by atoms with Crippen molar-refractivity contribution in [3.05, 3.63) is 17.0 Å². The highest BCUT2D eigenvalue weighted by Gasteiger charge is 2.23. The van der Waals surface area contributed by atoms with Gasteiger partial charge in [-0.25, -0.2) is 8.42 Å². The Morgan fingerprint density at radius 1 is 1.29 bits per heavy atom. The molecule has 9 heteroatoms. The van der Waals surface area contributed by atoms with E-state index < -0.39 is 16.1 Å². The molecule has 1 rings (SSSR count). The van der Waals surface area contributed by atoms with Crippen molar-refractivity contribution >= 4 is 39.7 Å². The molecular formula is C15H28ClN3O3S2. The fraction of sp³-hybridized carbons (Fsp3) is 0.667. The van der Waals surface area contributed by atoms with Crippen molar-refractivity contribution in [2.24, 2.45) is 5.73 Å². The van der Waals surface area contributed by atoms with Crippen LogP contribution in [0.4, 0.5) is 0 Å². The predicted octanol–water partition coefficient (Wildman–Crippen LogP) is 1.99. The lowest BCUT2D eigenvalue weighted by molar-refractivity contribution is -0.122. The molecule has 1 heterocycles. The molecule has 3 N–H and O–H groups in total. The second-order valence-electron chi connectivity index (χ2n) is 5.25. The SMILES string of the molecule is CCCC(N)C(=O)NCCc1ccc(S(=O)(=O)N(CC)CC)s1.Cl. The molecule has 0 aromatic carbocycles. The number of nitrogens with one attached hydrogen (secondary N) is 1. The van der Waals surface area contributed by atoms with E-state index in [2.05, 4.69) is 5.32 Å². The minimum absolute atomic E-state index is 0. The summed E-state index contributed by atoms with van der Waals surface area (Å²) in [7, 11) is -3.40. The van der Waals surface area contributed by atoms with E-state index in [0.717, 1.165) is 11.3 Å². The highest BCUT2D eigenvalue weighted by atomic mass is 35.5. The maximum Gasteiger partial charge on any atom is 0.252 e. The van der Waals surface area contributed by atoms with Crippen LogP contribution in [0.15, 0.2) is 16.3 Å². The maximum atomic E-state index is 12.4. The molecule has 24 heavy (non-hydrogen) atoms. The number of hydrogen-bond acceptors (Lipinski definition) is 5. The zero-order valence-corrected chi connectivity index (χ0v) is 16.9. The lowest BCUT2D eigenvalue weighted by atomic mass is 10.1. The van der Waals surface area contributed by atoms with Gasteiger partial charge >= 0.3 is 0 Å². The first-order chi connectivity index (χ1) is 10.9. The van der Waals surface area contributed by atoms with Gasteiger partial charge in [0, 0.05) is 24.5 Å². The molecule has 6 nitrogen and oxygen atoms in total. The van der Waals surface area contributed by atoms with Crippen LogP contribution < -0.4 is 11.1 Å². The fourth-order valence-corrected chi connectivity index (χ4v) is 5.17. The Bertz CT molecular complexity index is 601. The number of carbonyl (C=O) groups excluding carboxylic acids is 1. The maximum absolute atomic E-state index is 12.4. The van der Waals surface area contributed by atoms with Gasteiger partial charge in [-0.3, -0.25) is 4.79 Å². The van der Waals surface area contributed by atoms with E-state index in [1.165, 1.54) is 15.6 Å². The van der Waals surface area contributed by atoms with Crippen LogP contribution in [0.25, 0.3) is 0 Å². The highest BCUT2D eigenvalue weighted by Crippen LogP contribution is 2.25. The molecule has 1 aromatic rings. The average molecular weight is 398 g/mol. The Balaban J connectivity index is 0.00000529. The monoisotopic (exact) mass is 397 g/mol. The lowest BCUT2D eigenvalue weighted by Crippen LogP contribution is -2.41. The second kappa shape index (κ2) is 11.0. The standard InChI is InChI=1S/C15H27N3O3S2.ClH/c1-4-7-13(16)15(19)17-11-10-12-8-9-14(22-12)23(20,21)18(5-2)6-3;/h8-9,13H,4-7,10-11,16H2,1-3H3,(H,17,19);1H. The normalized spacial score (nSPS) is 12.7. The molecule has 1 atom stereocenters. The van der Waals surface area contributed by atoms with Crippen LogP contribution >= 0.6 is 23.7 Å². The van der Waals surface area contributed by atoms with Gasteiger partial charge in [-0.2, -0.15) is 4.31 Å². The average Bonchev–Trinajstić information content (AvgIpc) is 2.98. The van der Waals surface area contributed by atoms with Crippen LogP contribution in [0.5, 0.6) is 0 Å². The van der Waals surface area contributed by atoms with Crippen molar-refractivity contribution in [3.8, 4) is 0 Å². The van der Waals surface area contributed by atoms with Gasteiger partial charge in [-0.05, 0) is 25.0 Å². The summed E-state index contributed by atoms with van der Waals surface area (Å²) < 4.78 is 26.6. The van der Waals surface area contributed by atoms with Crippen molar-refractivity contribution in [3.63, 3.8) is 0 Å². The molecule has 0 aliphatic carbocycles. The number of sulfonamides is 1. The van der Waals surface area contributed by atoms with E-state index in [-0.39, 0.29) is 18.3 Å². The topological polar surface area (TPSA) is 92.5 Å². The van der Waals surface area contributed by atoms with E-state index in [0.29, 0.717) is 36.7 Å². The summed E-state index contributed by atoms with van der Waals surface area (Å²) in [4.78, 5) is 12.7. The summed E-state index contributed by atoms with van der Waals surface area (Å²) in [6.45, 7) is 7.00. The summed E-state index contributed by atoms with van der Waals surface area (Å²) >= 11 is 1.26. The van der Waals surface area contributed by atoms with Crippen LogP contribution in [0.2, 0.25) is 0 Å². The van der Waals surface area contributed by atoms with Gasteiger partial charge in [0.1, 0.15) is 4.21 Å². The van der Waals surface area contributed by atoms with Crippen LogP contribution in [0, 0.1) is 0 Å². The third-order valence-corrected chi connectivity index (χ3v) is 7.21.